The number of carbonyl (C=O) groups excluding carboxylic acids is 1. The Balaban J connectivity index is 1.68. The lowest BCUT2D eigenvalue weighted by Gasteiger charge is -2.26. The Bertz CT molecular complexity index is 641. The molecular formula is C15H17N3O4. The molecule has 0 unspecified atom stereocenters. The summed E-state index contributed by atoms with van der Waals surface area (Å²) in [5.74, 6) is 1.46. The van der Waals surface area contributed by atoms with Gasteiger partial charge in [-0.25, -0.2) is 0 Å². The smallest absolute Gasteiger partial charge is 0.248 e. The zero-order valence-electron chi connectivity index (χ0n) is 12.3. The normalized spacial score (nSPS) is 13.8. The van der Waals surface area contributed by atoms with Crippen molar-refractivity contribution in [2.45, 2.75) is 19.6 Å². The Kier molecular flexibility index (Phi) is 4.34. The fourth-order valence-corrected chi connectivity index (χ4v) is 2.39. The Morgan fingerprint density at radius 2 is 2.41 bits per heavy atom. The van der Waals surface area contributed by atoms with E-state index in [0.29, 0.717) is 31.0 Å². The summed E-state index contributed by atoms with van der Waals surface area (Å²) in [7, 11) is 1.51. The molecule has 0 saturated carbocycles. The van der Waals surface area contributed by atoms with Crippen molar-refractivity contribution in [3.05, 3.63) is 41.5 Å². The van der Waals surface area contributed by atoms with Crippen LogP contribution in [0.25, 0.3) is 0 Å². The molecule has 0 spiro atoms. The molecule has 116 valence electrons. The summed E-state index contributed by atoms with van der Waals surface area (Å²) < 4.78 is 15.9. The highest BCUT2D eigenvalue weighted by Gasteiger charge is 2.26. The van der Waals surface area contributed by atoms with Crippen LogP contribution in [0.2, 0.25) is 0 Å². The van der Waals surface area contributed by atoms with Gasteiger partial charge in [-0.15, -0.1) is 0 Å². The largest absolute Gasteiger partial charge is 0.486 e. The zero-order valence-corrected chi connectivity index (χ0v) is 12.3. The molecule has 22 heavy (non-hydrogen) atoms. The lowest BCUT2D eigenvalue weighted by Crippen LogP contribution is -2.38. The number of methoxy groups -OCH3 is 1. The third kappa shape index (κ3) is 3.09. The van der Waals surface area contributed by atoms with Crippen molar-refractivity contribution in [3.63, 3.8) is 0 Å². The van der Waals surface area contributed by atoms with Gasteiger partial charge in [-0.1, -0.05) is 5.16 Å². The van der Waals surface area contributed by atoms with E-state index in [1.165, 1.54) is 7.11 Å². The first kappa shape index (κ1) is 14.5. The van der Waals surface area contributed by atoms with Crippen LogP contribution >= 0.6 is 0 Å². The van der Waals surface area contributed by atoms with Gasteiger partial charge in [0.2, 0.25) is 5.91 Å². The maximum atomic E-state index is 11.9. The van der Waals surface area contributed by atoms with Crippen LogP contribution in [0, 0.1) is 0 Å². The van der Waals surface area contributed by atoms with Crippen molar-refractivity contribution >= 4 is 5.91 Å². The molecule has 2 aromatic heterocycles. The van der Waals surface area contributed by atoms with E-state index >= 15 is 0 Å². The van der Waals surface area contributed by atoms with Crippen LogP contribution in [0.15, 0.2) is 29.0 Å². The zero-order chi connectivity index (χ0) is 15.4. The molecule has 0 atom stereocenters. The van der Waals surface area contributed by atoms with Gasteiger partial charge in [0.25, 0.3) is 0 Å². The van der Waals surface area contributed by atoms with Gasteiger partial charge in [0.1, 0.15) is 30.4 Å². The minimum Gasteiger partial charge on any atom is -0.486 e. The van der Waals surface area contributed by atoms with Crippen LogP contribution in [0.5, 0.6) is 5.75 Å². The number of ether oxygens (including phenoxy) is 2. The Morgan fingerprint density at radius 3 is 3.18 bits per heavy atom. The van der Waals surface area contributed by atoms with Crippen molar-refractivity contribution in [2.75, 3.05) is 20.3 Å². The molecule has 0 N–H and O–H groups in total. The monoisotopic (exact) mass is 303 g/mol. The van der Waals surface area contributed by atoms with Gasteiger partial charge in [0.15, 0.2) is 0 Å². The average Bonchev–Trinajstić information content (AvgIpc) is 2.96. The second-order valence-corrected chi connectivity index (χ2v) is 5.01. The van der Waals surface area contributed by atoms with Crippen molar-refractivity contribution in [1.29, 1.82) is 0 Å². The van der Waals surface area contributed by atoms with Crippen LogP contribution < -0.4 is 4.74 Å². The van der Waals surface area contributed by atoms with E-state index in [2.05, 4.69) is 10.1 Å². The molecular weight excluding hydrogens is 286 g/mol. The van der Waals surface area contributed by atoms with Crippen LogP contribution in [-0.4, -0.2) is 41.2 Å². The summed E-state index contributed by atoms with van der Waals surface area (Å²) >= 11 is 0. The molecule has 0 bridgehead atoms. The second kappa shape index (κ2) is 6.57. The fourth-order valence-electron chi connectivity index (χ4n) is 2.39. The molecule has 0 aliphatic carbocycles. The third-order valence-electron chi connectivity index (χ3n) is 3.54. The first-order valence-corrected chi connectivity index (χ1v) is 7.03. The number of fused-ring (bicyclic) bond motifs is 1. The number of rotatable bonds is 5. The molecule has 2 aromatic rings. The van der Waals surface area contributed by atoms with E-state index in [1.54, 1.807) is 23.4 Å². The van der Waals surface area contributed by atoms with Gasteiger partial charge < -0.3 is 18.9 Å². The number of pyridine rings is 1. The van der Waals surface area contributed by atoms with Crippen LogP contribution in [-0.2, 0) is 29.1 Å². The van der Waals surface area contributed by atoms with Crippen molar-refractivity contribution in [3.8, 4) is 5.75 Å². The molecule has 1 aliphatic heterocycles. The number of carbonyl (C=O) groups is 1. The number of amides is 1. The summed E-state index contributed by atoms with van der Waals surface area (Å²) in [4.78, 5) is 17.7. The summed E-state index contributed by atoms with van der Waals surface area (Å²) in [5.41, 5.74) is 1.65. The minimum atomic E-state index is -0.0338. The minimum absolute atomic E-state index is 0.0338. The van der Waals surface area contributed by atoms with E-state index in [4.69, 9.17) is 14.0 Å². The summed E-state index contributed by atoms with van der Waals surface area (Å²) in [6.07, 6.45) is 3.98. The Labute approximate surface area is 127 Å². The van der Waals surface area contributed by atoms with Gasteiger partial charge in [-0.3, -0.25) is 9.78 Å². The van der Waals surface area contributed by atoms with Crippen LogP contribution in [0.1, 0.15) is 17.0 Å². The van der Waals surface area contributed by atoms with E-state index < -0.39 is 0 Å². The number of aromatic nitrogens is 2. The highest BCUT2D eigenvalue weighted by Crippen LogP contribution is 2.23. The van der Waals surface area contributed by atoms with Crippen LogP contribution in [0.4, 0.5) is 0 Å². The molecule has 1 amide bonds. The summed E-state index contributed by atoms with van der Waals surface area (Å²) in [6, 6.07) is 3.63. The van der Waals surface area contributed by atoms with Crippen molar-refractivity contribution in [2.24, 2.45) is 0 Å². The maximum absolute atomic E-state index is 11.9. The first-order valence-electron chi connectivity index (χ1n) is 7.03. The fraction of sp³-hybridized carbons (Fsp3) is 0.400. The third-order valence-corrected chi connectivity index (χ3v) is 3.54. The van der Waals surface area contributed by atoms with E-state index in [-0.39, 0.29) is 19.1 Å². The number of nitrogens with zero attached hydrogens (tertiary/aromatic N) is 3. The number of hydrogen-bond acceptors (Lipinski definition) is 6. The Morgan fingerprint density at radius 1 is 1.50 bits per heavy atom. The average molecular weight is 303 g/mol. The quantitative estimate of drug-likeness (QED) is 0.825. The topological polar surface area (TPSA) is 77.7 Å². The van der Waals surface area contributed by atoms with Gasteiger partial charge in [-0.05, 0) is 12.1 Å². The van der Waals surface area contributed by atoms with Crippen molar-refractivity contribution in [1.82, 2.24) is 15.0 Å². The second-order valence-electron chi connectivity index (χ2n) is 5.01. The van der Waals surface area contributed by atoms with Crippen LogP contribution in [0.3, 0.4) is 0 Å². The highest BCUT2D eigenvalue weighted by molar-refractivity contribution is 5.77. The predicted molar refractivity (Wildman–Crippen MR) is 76.1 cm³/mol. The SMILES string of the molecule is COCC(=O)N1CCc2onc(COc3cccnc3)c2C1. The molecule has 0 aromatic carbocycles. The van der Waals surface area contributed by atoms with Crippen molar-refractivity contribution < 1.29 is 18.8 Å². The summed E-state index contributed by atoms with van der Waals surface area (Å²) in [5, 5.41) is 4.06. The molecule has 0 fully saturated rings. The molecule has 7 nitrogen and oxygen atoms in total. The van der Waals surface area contributed by atoms with E-state index in [1.807, 2.05) is 6.07 Å². The molecule has 0 radical (unpaired) electrons. The molecule has 1 aliphatic rings. The highest BCUT2D eigenvalue weighted by atomic mass is 16.5. The predicted octanol–water partition coefficient (Wildman–Crippen LogP) is 1.18. The Hall–Kier alpha value is -2.41. The maximum Gasteiger partial charge on any atom is 0.248 e. The standard InChI is InChI=1S/C15H17N3O4/c1-20-10-15(19)18-6-4-14-12(8-18)13(17-22-14)9-21-11-3-2-5-16-7-11/h2-3,5,7H,4,6,8-10H2,1H3. The lowest BCUT2D eigenvalue weighted by molar-refractivity contribution is -0.136. The lowest BCUT2D eigenvalue weighted by atomic mass is 10.1. The summed E-state index contributed by atoms with van der Waals surface area (Å²) in [6.45, 7) is 1.47. The van der Waals surface area contributed by atoms with Gasteiger partial charge in [-0.2, -0.15) is 0 Å². The molecule has 0 saturated heterocycles. The molecule has 3 heterocycles. The van der Waals surface area contributed by atoms with Gasteiger partial charge >= 0.3 is 0 Å². The van der Waals surface area contributed by atoms with Gasteiger partial charge in [0, 0.05) is 31.8 Å². The van der Waals surface area contributed by atoms with E-state index in [0.717, 1.165) is 11.3 Å². The number of hydrogen-bond donors (Lipinski definition) is 0. The van der Waals surface area contributed by atoms with E-state index in [9.17, 15) is 4.79 Å². The molecule has 3 rings (SSSR count). The molecule has 7 heteroatoms. The first-order chi connectivity index (χ1) is 10.8. The van der Waals surface area contributed by atoms with Gasteiger partial charge in [0.05, 0.1) is 12.7 Å².